The van der Waals surface area contributed by atoms with Gasteiger partial charge in [0.15, 0.2) is 9.84 Å². The summed E-state index contributed by atoms with van der Waals surface area (Å²) in [6.07, 6.45) is 9.09. The summed E-state index contributed by atoms with van der Waals surface area (Å²) in [6, 6.07) is 6.30. The summed E-state index contributed by atoms with van der Waals surface area (Å²) in [5, 5.41) is 5.64. The number of benzene rings is 1. The Kier molecular flexibility index (Phi) is 5.83. The molecule has 2 N–H and O–H groups in total. The monoisotopic (exact) mass is 324 g/mol. The summed E-state index contributed by atoms with van der Waals surface area (Å²) in [5.74, 6) is 0. The fourth-order valence-corrected chi connectivity index (χ4v) is 3.68. The van der Waals surface area contributed by atoms with Gasteiger partial charge >= 0.3 is 6.03 Å². The largest absolute Gasteiger partial charge is 0.335 e. The highest BCUT2D eigenvalue weighted by molar-refractivity contribution is 7.90. The molecule has 6 heteroatoms. The second-order valence-corrected chi connectivity index (χ2v) is 7.89. The van der Waals surface area contributed by atoms with Crippen LogP contribution in [0, 0.1) is 0 Å². The van der Waals surface area contributed by atoms with Crippen molar-refractivity contribution in [2.75, 3.05) is 11.6 Å². The molecule has 122 valence electrons. The number of nitrogens with one attached hydrogen (secondary N) is 2. The second kappa shape index (κ2) is 7.63. The number of anilines is 1. The minimum absolute atomic E-state index is 0.141. The lowest BCUT2D eigenvalue weighted by Crippen LogP contribution is -2.38. The molecule has 0 saturated heterocycles. The minimum atomic E-state index is -3.37. The Balaban J connectivity index is 2.00. The highest BCUT2D eigenvalue weighted by atomic mass is 32.2. The Morgan fingerprint density at radius 3 is 2.27 bits per heavy atom. The van der Waals surface area contributed by atoms with E-state index in [1.54, 1.807) is 18.2 Å². The highest BCUT2D eigenvalue weighted by Gasteiger charge is 2.17. The molecule has 1 saturated carbocycles. The molecule has 2 rings (SSSR count). The van der Waals surface area contributed by atoms with Crippen LogP contribution < -0.4 is 10.6 Å². The summed E-state index contributed by atoms with van der Waals surface area (Å²) < 4.78 is 23.5. The van der Waals surface area contributed by atoms with Gasteiger partial charge in [-0.3, -0.25) is 0 Å². The van der Waals surface area contributed by atoms with Gasteiger partial charge in [-0.1, -0.05) is 44.2 Å². The Morgan fingerprint density at radius 1 is 1.05 bits per heavy atom. The molecule has 1 fully saturated rings. The Labute approximate surface area is 132 Å². The summed E-state index contributed by atoms with van der Waals surface area (Å²) in [6.45, 7) is 0. The fraction of sp³-hybridized carbons (Fsp3) is 0.562. The van der Waals surface area contributed by atoms with Crippen molar-refractivity contribution >= 4 is 21.6 Å². The number of carbonyl (C=O) groups excluding carboxylic acids is 1. The van der Waals surface area contributed by atoms with Crippen molar-refractivity contribution in [3.63, 3.8) is 0 Å². The molecule has 1 aliphatic carbocycles. The first-order chi connectivity index (χ1) is 10.5. The van der Waals surface area contributed by atoms with Crippen molar-refractivity contribution in [2.45, 2.75) is 55.9 Å². The molecule has 0 bridgehead atoms. The molecular weight excluding hydrogens is 300 g/mol. The maximum atomic E-state index is 12.1. The number of hydrogen-bond donors (Lipinski definition) is 2. The van der Waals surface area contributed by atoms with Crippen LogP contribution in [-0.2, 0) is 9.84 Å². The van der Waals surface area contributed by atoms with Gasteiger partial charge in [0.25, 0.3) is 0 Å². The van der Waals surface area contributed by atoms with Crippen molar-refractivity contribution in [3.8, 4) is 0 Å². The zero-order valence-electron chi connectivity index (χ0n) is 13.0. The minimum Gasteiger partial charge on any atom is -0.335 e. The number of hydrogen-bond acceptors (Lipinski definition) is 3. The van der Waals surface area contributed by atoms with Crippen molar-refractivity contribution < 1.29 is 13.2 Å². The average Bonchev–Trinajstić information content (AvgIpc) is 2.41. The van der Waals surface area contributed by atoms with Gasteiger partial charge < -0.3 is 10.6 Å². The molecule has 2 amide bonds. The van der Waals surface area contributed by atoms with E-state index < -0.39 is 9.84 Å². The van der Waals surface area contributed by atoms with Crippen LogP contribution >= 0.6 is 0 Å². The number of urea groups is 1. The lowest BCUT2D eigenvalue weighted by Gasteiger charge is -2.21. The van der Waals surface area contributed by atoms with Crippen LogP contribution in [0.3, 0.4) is 0 Å². The van der Waals surface area contributed by atoms with E-state index in [1.165, 1.54) is 25.3 Å². The third-order valence-electron chi connectivity index (χ3n) is 3.98. The molecule has 5 nitrogen and oxygen atoms in total. The summed E-state index contributed by atoms with van der Waals surface area (Å²) in [4.78, 5) is 12.3. The van der Waals surface area contributed by atoms with Gasteiger partial charge in [-0.25, -0.2) is 13.2 Å². The lowest BCUT2D eigenvalue weighted by atomic mass is 9.97. The van der Waals surface area contributed by atoms with E-state index in [1.807, 2.05) is 0 Å². The van der Waals surface area contributed by atoms with E-state index in [-0.39, 0.29) is 17.0 Å². The Morgan fingerprint density at radius 2 is 1.64 bits per heavy atom. The van der Waals surface area contributed by atoms with Gasteiger partial charge in [0.2, 0.25) is 0 Å². The summed E-state index contributed by atoms with van der Waals surface area (Å²) in [7, 11) is -3.37. The number of rotatable bonds is 3. The maximum absolute atomic E-state index is 12.1. The third kappa shape index (κ3) is 5.02. The van der Waals surface area contributed by atoms with Gasteiger partial charge in [0.05, 0.1) is 10.6 Å². The summed E-state index contributed by atoms with van der Waals surface area (Å²) >= 11 is 0. The van der Waals surface area contributed by atoms with Crippen molar-refractivity contribution in [2.24, 2.45) is 0 Å². The van der Waals surface area contributed by atoms with Crippen LogP contribution in [0.2, 0.25) is 0 Å². The van der Waals surface area contributed by atoms with Crippen molar-refractivity contribution in [3.05, 3.63) is 24.3 Å². The smallest absolute Gasteiger partial charge is 0.319 e. The number of carbonyl (C=O) groups is 1. The first kappa shape index (κ1) is 16.8. The van der Waals surface area contributed by atoms with Crippen LogP contribution in [0.4, 0.5) is 10.5 Å². The molecule has 0 unspecified atom stereocenters. The van der Waals surface area contributed by atoms with E-state index in [2.05, 4.69) is 10.6 Å². The molecule has 0 spiro atoms. The third-order valence-corrected chi connectivity index (χ3v) is 5.13. The van der Waals surface area contributed by atoms with E-state index in [0.29, 0.717) is 5.69 Å². The van der Waals surface area contributed by atoms with Gasteiger partial charge in [-0.15, -0.1) is 0 Å². The zero-order chi connectivity index (χ0) is 16.0. The standard InChI is InChI=1S/C16H24N2O3S/c1-22(20,21)15-12-8-7-11-14(15)18-16(19)17-13-9-5-3-2-4-6-10-13/h7-8,11-13H,2-6,9-10H2,1H3,(H2,17,18,19). The quantitative estimate of drug-likeness (QED) is 0.895. The fourth-order valence-electron chi connectivity index (χ4n) is 2.84. The van der Waals surface area contributed by atoms with Crippen molar-refractivity contribution in [1.82, 2.24) is 5.32 Å². The van der Waals surface area contributed by atoms with E-state index >= 15 is 0 Å². The Hall–Kier alpha value is -1.56. The number of amides is 2. The molecule has 1 aromatic rings. The SMILES string of the molecule is CS(=O)(=O)c1ccccc1NC(=O)NC1CCCCCCC1. The molecule has 1 aliphatic rings. The Bertz CT molecular complexity index is 606. The molecule has 0 aromatic heterocycles. The molecule has 22 heavy (non-hydrogen) atoms. The molecule has 1 aromatic carbocycles. The summed E-state index contributed by atoms with van der Waals surface area (Å²) in [5.41, 5.74) is 0.327. The molecule has 0 atom stereocenters. The van der Waals surface area contributed by atoms with Crippen LogP contribution in [0.25, 0.3) is 0 Å². The van der Waals surface area contributed by atoms with Gasteiger partial charge in [0, 0.05) is 12.3 Å². The van der Waals surface area contributed by atoms with E-state index in [0.717, 1.165) is 31.9 Å². The normalized spacial score (nSPS) is 17.3. The van der Waals surface area contributed by atoms with Gasteiger partial charge in [0.1, 0.15) is 0 Å². The average molecular weight is 324 g/mol. The zero-order valence-corrected chi connectivity index (χ0v) is 13.8. The first-order valence-electron chi connectivity index (χ1n) is 7.83. The van der Waals surface area contributed by atoms with Crippen LogP contribution in [0.5, 0.6) is 0 Å². The predicted octanol–water partition coefficient (Wildman–Crippen LogP) is 3.32. The molecule has 0 aliphatic heterocycles. The number of sulfone groups is 1. The predicted molar refractivity (Wildman–Crippen MR) is 87.8 cm³/mol. The van der Waals surface area contributed by atoms with Crippen LogP contribution in [-0.4, -0.2) is 26.7 Å². The van der Waals surface area contributed by atoms with Gasteiger partial charge in [-0.2, -0.15) is 0 Å². The topological polar surface area (TPSA) is 75.3 Å². The van der Waals surface area contributed by atoms with E-state index in [9.17, 15) is 13.2 Å². The van der Waals surface area contributed by atoms with E-state index in [4.69, 9.17) is 0 Å². The van der Waals surface area contributed by atoms with Gasteiger partial charge in [-0.05, 0) is 25.0 Å². The second-order valence-electron chi connectivity index (χ2n) is 5.91. The highest BCUT2D eigenvalue weighted by Crippen LogP contribution is 2.21. The molecule has 0 radical (unpaired) electrons. The molecule has 0 heterocycles. The maximum Gasteiger partial charge on any atom is 0.319 e. The van der Waals surface area contributed by atoms with Crippen LogP contribution in [0.15, 0.2) is 29.2 Å². The first-order valence-corrected chi connectivity index (χ1v) is 9.72. The lowest BCUT2D eigenvalue weighted by molar-refractivity contribution is 0.245. The molecular formula is C16H24N2O3S. The van der Waals surface area contributed by atoms with Crippen molar-refractivity contribution in [1.29, 1.82) is 0 Å². The number of para-hydroxylation sites is 1. The van der Waals surface area contributed by atoms with Crippen LogP contribution in [0.1, 0.15) is 44.9 Å².